The van der Waals surface area contributed by atoms with Crippen LogP contribution in [0.5, 0.6) is 17.2 Å². The highest BCUT2D eigenvalue weighted by atomic mass is 16.6. The largest absolute Gasteiger partial charge is 0.462 e. The van der Waals surface area contributed by atoms with Gasteiger partial charge in [0.05, 0.1) is 24.0 Å². The minimum absolute atomic E-state index is 0.0524. The van der Waals surface area contributed by atoms with Gasteiger partial charge >= 0.3 is 23.9 Å². The summed E-state index contributed by atoms with van der Waals surface area (Å²) in [4.78, 5) is 50.1. The van der Waals surface area contributed by atoms with E-state index >= 15 is 0 Å². The fraction of sp³-hybridized carbons (Fsp3) is 0.436. The number of benzene rings is 3. The van der Waals surface area contributed by atoms with Gasteiger partial charge in [0.2, 0.25) is 0 Å². The van der Waals surface area contributed by atoms with Crippen LogP contribution in [0, 0.1) is 17.8 Å². The Bertz CT molecular complexity index is 1470. The summed E-state index contributed by atoms with van der Waals surface area (Å²) >= 11 is 0. The average Bonchev–Trinajstić information content (AvgIpc) is 3.05. The van der Waals surface area contributed by atoms with Gasteiger partial charge in [0.25, 0.3) is 0 Å². The van der Waals surface area contributed by atoms with Crippen molar-refractivity contribution in [2.45, 2.75) is 91.6 Å². The van der Waals surface area contributed by atoms with Crippen molar-refractivity contribution in [1.82, 2.24) is 0 Å². The van der Waals surface area contributed by atoms with E-state index in [1.165, 1.54) is 48.4 Å². The van der Waals surface area contributed by atoms with Crippen LogP contribution in [-0.2, 0) is 20.7 Å². The Morgan fingerprint density at radius 3 is 1.74 bits per heavy atom. The molecule has 8 nitrogen and oxygen atoms in total. The van der Waals surface area contributed by atoms with Crippen molar-refractivity contribution >= 4 is 23.9 Å². The molecule has 47 heavy (non-hydrogen) atoms. The maximum Gasteiger partial charge on any atom is 0.343 e. The van der Waals surface area contributed by atoms with E-state index < -0.39 is 23.9 Å². The van der Waals surface area contributed by atoms with E-state index in [0.29, 0.717) is 29.1 Å². The summed E-state index contributed by atoms with van der Waals surface area (Å²) in [6.07, 6.45) is 7.21. The molecule has 0 spiro atoms. The Morgan fingerprint density at radius 1 is 0.681 bits per heavy atom. The fourth-order valence-electron chi connectivity index (χ4n) is 5.82. The summed E-state index contributed by atoms with van der Waals surface area (Å²) in [7, 11) is 0. The molecule has 0 amide bonds. The zero-order valence-electron chi connectivity index (χ0n) is 27.9. The van der Waals surface area contributed by atoms with Crippen molar-refractivity contribution in [3.63, 3.8) is 0 Å². The van der Waals surface area contributed by atoms with Crippen LogP contribution in [0.1, 0.15) is 105 Å². The molecule has 0 saturated heterocycles. The second kappa shape index (κ2) is 17.5. The molecule has 250 valence electrons. The molecule has 0 aliphatic heterocycles. The van der Waals surface area contributed by atoms with E-state index in [9.17, 15) is 19.2 Å². The number of hydrogen-bond acceptors (Lipinski definition) is 8. The van der Waals surface area contributed by atoms with Crippen LogP contribution in [-0.4, -0.2) is 30.0 Å². The van der Waals surface area contributed by atoms with E-state index in [-0.39, 0.29) is 36.0 Å². The summed E-state index contributed by atoms with van der Waals surface area (Å²) in [6.45, 7) is 8.64. The molecule has 3 aromatic rings. The molecule has 0 bridgehead atoms. The number of aryl methyl sites for hydroxylation is 1. The highest BCUT2D eigenvalue weighted by molar-refractivity contribution is 5.92. The maximum atomic E-state index is 12.7. The van der Waals surface area contributed by atoms with Crippen molar-refractivity contribution in [2.75, 3.05) is 0 Å². The monoisotopic (exact) mass is 642 g/mol. The van der Waals surface area contributed by atoms with Crippen LogP contribution in [0.4, 0.5) is 0 Å². The molecular formula is C39H46O8. The summed E-state index contributed by atoms with van der Waals surface area (Å²) in [5.41, 5.74) is 1.90. The van der Waals surface area contributed by atoms with Crippen LogP contribution in [0.3, 0.4) is 0 Å². The van der Waals surface area contributed by atoms with E-state index in [0.717, 1.165) is 38.5 Å². The smallest absolute Gasteiger partial charge is 0.343 e. The minimum Gasteiger partial charge on any atom is -0.462 e. The Labute approximate surface area is 277 Å². The second-order valence-corrected chi connectivity index (χ2v) is 12.8. The van der Waals surface area contributed by atoms with Gasteiger partial charge in [-0.05, 0) is 110 Å². The van der Waals surface area contributed by atoms with Crippen LogP contribution in [0.2, 0.25) is 0 Å². The molecule has 1 fully saturated rings. The predicted octanol–water partition coefficient (Wildman–Crippen LogP) is 8.55. The normalized spacial score (nSPS) is 17.5. The molecule has 0 N–H and O–H groups in total. The molecule has 4 rings (SSSR count). The standard InChI is InChI=1S/C39H46O8/c1-5-6-7-8-28-10-12-29(13-11-28)38(42)45-32-18-20-33(21-19-32)46-39(43)30-14-16-31(17-15-30)44-36(40)23-24-37(41)47-35-25-27(4)9-22-34(35)26(2)3/h10-21,26-27,34-35H,5-9,22-25H2,1-4H3. The van der Waals surface area contributed by atoms with Gasteiger partial charge in [0.15, 0.2) is 0 Å². The first-order chi connectivity index (χ1) is 22.6. The van der Waals surface area contributed by atoms with Crippen molar-refractivity contribution in [3.8, 4) is 17.2 Å². The van der Waals surface area contributed by atoms with Crippen molar-refractivity contribution < 1.29 is 38.1 Å². The van der Waals surface area contributed by atoms with Crippen LogP contribution < -0.4 is 14.2 Å². The van der Waals surface area contributed by atoms with Gasteiger partial charge < -0.3 is 18.9 Å². The lowest BCUT2D eigenvalue weighted by atomic mass is 9.75. The van der Waals surface area contributed by atoms with Gasteiger partial charge in [-0.25, -0.2) is 9.59 Å². The predicted molar refractivity (Wildman–Crippen MR) is 179 cm³/mol. The van der Waals surface area contributed by atoms with E-state index in [1.54, 1.807) is 24.3 Å². The molecule has 3 atom stereocenters. The first-order valence-electron chi connectivity index (χ1n) is 16.7. The second-order valence-electron chi connectivity index (χ2n) is 12.8. The lowest BCUT2D eigenvalue weighted by molar-refractivity contribution is -0.157. The molecule has 0 aromatic heterocycles. The van der Waals surface area contributed by atoms with Gasteiger partial charge in [0.1, 0.15) is 23.4 Å². The Morgan fingerprint density at radius 2 is 1.19 bits per heavy atom. The van der Waals surface area contributed by atoms with Gasteiger partial charge in [-0.15, -0.1) is 0 Å². The zero-order chi connectivity index (χ0) is 33.8. The van der Waals surface area contributed by atoms with Crippen LogP contribution >= 0.6 is 0 Å². The van der Waals surface area contributed by atoms with Gasteiger partial charge in [0, 0.05) is 0 Å². The highest BCUT2D eigenvalue weighted by Crippen LogP contribution is 2.35. The molecule has 1 saturated carbocycles. The van der Waals surface area contributed by atoms with E-state index in [4.69, 9.17) is 18.9 Å². The molecule has 1 aliphatic rings. The number of hydrogen-bond donors (Lipinski definition) is 0. The average molecular weight is 643 g/mol. The molecule has 3 unspecified atom stereocenters. The van der Waals surface area contributed by atoms with Gasteiger partial charge in [-0.1, -0.05) is 59.1 Å². The summed E-state index contributed by atoms with van der Waals surface area (Å²) in [5, 5.41) is 0. The Hall–Kier alpha value is -4.46. The number of carbonyl (C=O) groups excluding carboxylic acids is 4. The quantitative estimate of drug-likeness (QED) is 0.0979. The van der Waals surface area contributed by atoms with Crippen LogP contribution in [0.25, 0.3) is 0 Å². The number of ether oxygens (including phenoxy) is 4. The van der Waals surface area contributed by atoms with Crippen LogP contribution in [0.15, 0.2) is 72.8 Å². The topological polar surface area (TPSA) is 105 Å². The first kappa shape index (κ1) is 35.4. The van der Waals surface area contributed by atoms with E-state index in [1.807, 2.05) is 12.1 Å². The Kier molecular flexibility index (Phi) is 13.1. The zero-order valence-corrected chi connectivity index (χ0v) is 27.9. The number of carbonyl (C=O) groups is 4. The molecular weight excluding hydrogens is 596 g/mol. The minimum atomic E-state index is -0.605. The number of unbranched alkanes of at least 4 members (excludes halogenated alkanes) is 2. The molecule has 8 heteroatoms. The maximum absolute atomic E-state index is 12.7. The molecule has 3 aromatic carbocycles. The third-order valence-electron chi connectivity index (χ3n) is 8.60. The summed E-state index contributed by atoms with van der Waals surface area (Å²) in [5.74, 6) is 0.101. The molecule has 0 heterocycles. The summed E-state index contributed by atoms with van der Waals surface area (Å²) in [6, 6.07) is 19.6. The SMILES string of the molecule is CCCCCc1ccc(C(=O)Oc2ccc(OC(=O)c3ccc(OC(=O)CCC(=O)OC4CC(C)CCC4C(C)C)cc3)cc2)cc1. The number of esters is 4. The van der Waals surface area contributed by atoms with Crippen molar-refractivity contribution in [1.29, 1.82) is 0 Å². The first-order valence-corrected chi connectivity index (χ1v) is 16.7. The van der Waals surface area contributed by atoms with Gasteiger partial charge in [-0.3, -0.25) is 9.59 Å². The lowest BCUT2D eigenvalue weighted by Gasteiger charge is -2.36. The van der Waals surface area contributed by atoms with Crippen molar-refractivity contribution in [3.05, 3.63) is 89.5 Å². The number of rotatable bonds is 14. The fourth-order valence-corrected chi connectivity index (χ4v) is 5.82. The third kappa shape index (κ3) is 11.1. The van der Waals surface area contributed by atoms with Gasteiger partial charge in [-0.2, -0.15) is 0 Å². The molecule has 1 aliphatic carbocycles. The van der Waals surface area contributed by atoms with E-state index in [2.05, 4.69) is 27.7 Å². The lowest BCUT2D eigenvalue weighted by Crippen LogP contribution is -2.36. The highest BCUT2D eigenvalue weighted by Gasteiger charge is 2.33. The summed E-state index contributed by atoms with van der Waals surface area (Å²) < 4.78 is 22.0. The third-order valence-corrected chi connectivity index (χ3v) is 8.60. The Balaban J connectivity index is 1.20. The van der Waals surface area contributed by atoms with Crippen molar-refractivity contribution in [2.24, 2.45) is 17.8 Å². The molecule has 0 radical (unpaired) electrons.